The van der Waals surface area contributed by atoms with Gasteiger partial charge in [0.15, 0.2) is 0 Å². The topological polar surface area (TPSA) is 98.2 Å². The van der Waals surface area contributed by atoms with Gasteiger partial charge in [0.05, 0.1) is 12.6 Å². The number of benzene rings is 1. The Morgan fingerprint density at radius 3 is 2.56 bits per heavy atom. The number of carbonyl (C=O) groups excluding carboxylic acids is 2. The molecule has 0 radical (unpaired) electrons. The molecule has 6 heteroatoms. The lowest BCUT2D eigenvalue weighted by atomic mass is 10.2. The van der Waals surface area contributed by atoms with E-state index in [4.69, 9.17) is 11.5 Å². The van der Waals surface area contributed by atoms with Crippen LogP contribution in [0.5, 0.6) is 0 Å². The summed E-state index contributed by atoms with van der Waals surface area (Å²) in [6.45, 7) is -0.171. The van der Waals surface area contributed by atoms with Crippen LogP contribution in [0, 0.1) is 0 Å². The maximum atomic E-state index is 11.4. The number of primary amides is 1. The molecule has 1 atom stereocenters. The minimum atomic E-state index is -0.627. The largest absolute Gasteiger partial charge is 0.368 e. The Morgan fingerprint density at radius 2 is 1.94 bits per heavy atom. The molecule has 5 nitrogen and oxygen atoms in total. The summed E-state index contributed by atoms with van der Waals surface area (Å²) in [7, 11) is 0. The van der Waals surface area contributed by atoms with Crippen molar-refractivity contribution in [3.63, 3.8) is 0 Å². The molecule has 0 unspecified atom stereocenters. The summed E-state index contributed by atoms with van der Waals surface area (Å²) in [4.78, 5) is 21.9. The van der Waals surface area contributed by atoms with Gasteiger partial charge < -0.3 is 16.8 Å². The lowest BCUT2D eigenvalue weighted by Crippen LogP contribution is -2.45. The van der Waals surface area contributed by atoms with Gasteiger partial charge >= 0.3 is 0 Å². The van der Waals surface area contributed by atoms with Gasteiger partial charge in [-0.15, -0.1) is 0 Å². The average Bonchev–Trinajstić information content (AvgIpc) is 2.37. The molecule has 1 aromatic carbocycles. The van der Waals surface area contributed by atoms with E-state index in [9.17, 15) is 9.59 Å². The minimum absolute atomic E-state index is 0.171. The highest BCUT2D eigenvalue weighted by atomic mass is 32.2. The number of amides is 2. The smallest absolute Gasteiger partial charge is 0.238 e. The van der Waals surface area contributed by atoms with Gasteiger partial charge in [0.2, 0.25) is 11.8 Å². The van der Waals surface area contributed by atoms with Gasteiger partial charge in [-0.25, -0.2) is 0 Å². The Kier molecular flexibility index (Phi) is 6.24. The predicted molar refractivity (Wildman–Crippen MR) is 72.8 cm³/mol. The third-order valence-electron chi connectivity index (χ3n) is 2.18. The summed E-state index contributed by atoms with van der Waals surface area (Å²) >= 11 is 1.58. The molecule has 0 heterocycles. The molecule has 0 bridgehead atoms. The SMILES string of the molecule is NC(=O)CNC(=O)[C@@H](N)CSCc1ccccc1. The van der Waals surface area contributed by atoms with Gasteiger partial charge in [0.25, 0.3) is 0 Å². The van der Waals surface area contributed by atoms with Crippen LogP contribution in [0.3, 0.4) is 0 Å². The normalized spacial score (nSPS) is 11.8. The molecule has 0 saturated carbocycles. The maximum absolute atomic E-state index is 11.4. The van der Waals surface area contributed by atoms with Gasteiger partial charge in [-0.1, -0.05) is 30.3 Å². The van der Waals surface area contributed by atoms with Gasteiger partial charge in [0.1, 0.15) is 0 Å². The fourth-order valence-corrected chi connectivity index (χ4v) is 2.21. The first kappa shape index (κ1) is 14.5. The van der Waals surface area contributed by atoms with Gasteiger partial charge in [-0.3, -0.25) is 9.59 Å². The third kappa shape index (κ3) is 5.70. The Labute approximate surface area is 110 Å². The van der Waals surface area contributed by atoms with E-state index in [2.05, 4.69) is 5.32 Å². The van der Waals surface area contributed by atoms with Crippen molar-refractivity contribution in [2.45, 2.75) is 11.8 Å². The molecule has 0 aliphatic heterocycles. The molecule has 0 fully saturated rings. The molecule has 0 aliphatic rings. The van der Waals surface area contributed by atoms with Crippen LogP contribution in [0.1, 0.15) is 5.56 Å². The predicted octanol–water partition coefficient (Wildman–Crippen LogP) is -0.151. The zero-order valence-electron chi connectivity index (χ0n) is 9.96. The number of hydrogen-bond acceptors (Lipinski definition) is 4. The van der Waals surface area contributed by atoms with Crippen molar-refractivity contribution in [1.82, 2.24) is 5.32 Å². The fourth-order valence-electron chi connectivity index (χ4n) is 1.26. The highest BCUT2D eigenvalue weighted by molar-refractivity contribution is 7.98. The van der Waals surface area contributed by atoms with E-state index in [1.807, 2.05) is 30.3 Å². The van der Waals surface area contributed by atoms with Crippen molar-refractivity contribution >= 4 is 23.6 Å². The second kappa shape index (κ2) is 7.73. The van der Waals surface area contributed by atoms with Crippen LogP contribution < -0.4 is 16.8 Å². The molecular weight excluding hydrogens is 250 g/mol. The molecule has 0 spiro atoms. The number of nitrogens with two attached hydrogens (primary N) is 2. The van der Waals surface area contributed by atoms with Crippen molar-refractivity contribution in [2.24, 2.45) is 11.5 Å². The quantitative estimate of drug-likeness (QED) is 0.640. The van der Waals surface area contributed by atoms with Crippen molar-refractivity contribution < 1.29 is 9.59 Å². The molecular formula is C12H17N3O2S. The van der Waals surface area contributed by atoms with Crippen LogP contribution in [0.25, 0.3) is 0 Å². The second-order valence-corrected chi connectivity index (χ2v) is 4.82. The van der Waals surface area contributed by atoms with E-state index in [1.165, 1.54) is 5.56 Å². The lowest BCUT2D eigenvalue weighted by Gasteiger charge is -2.10. The first-order chi connectivity index (χ1) is 8.59. The van der Waals surface area contributed by atoms with Crippen LogP contribution in [0.2, 0.25) is 0 Å². The van der Waals surface area contributed by atoms with E-state index in [-0.39, 0.29) is 12.5 Å². The molecule has 5 N–H and O–H groups in total. The van der Waals surface area contributed by atoms with E-state index < -0.39 is 11.9 Å². The van der Waals surface area contributed by atoms with Crippen LogP contribution >= 0.6 is 11.8 Å². The average molecular weight is 267 g/mol. The number of rotatable bonds is 7. The summed E-state index contributed by atoms with van der Waals surface area (Å²) in [5.74, 6) is 0.374. The highest BCUT2D eigenvalue weighted by Crippen LogP contribution is 2.12. The summed E-state index contributed by atoms with van der Waals surface area (Å²) in [6.07, 6.45) is 0. The Morgan fingerprint density at radius 1 is 1.28 bits per heavy atom. The van der Waals surface area contributed by atoms with Crippen molar-refractivity contribution in [3.8, 4) is 0 Å². The van der Waals surface area contributed by atoms with Crippen LogP contribution in [0.4, 0.5) is 0 Å². The molecule has 0 aliphatic carbocycles. The van der Waals surface area contributed by atoms with E-state index in [0.717, 1.165) is 5.75 Å². The zero-order valence-corrected chi connectivity index (χ0v) is 10.8. The fraction of sp³-hybridized carbons (Fsp3) is 0.333. The summed E-state index contributed by atoms with van der Waals surface area (Å²) in [6, 6.07) is 9.30. The number of hydrogen-bond donors (Lipinski definition) is 3. The van der Waals surface area contributed by atoms with Crippen molar-refractivity contribution in [2.75, 3.05) is 12.3 Å². The number of nitrogens with one attached hydrogen (secondary N) is 1. The van der Waals surface area contributed by atoms with Gasteiger partial charge in [-0.05, 0) is 5.56 Å². The molecule has 2 amide bonds. The van der Waals surface area contributed by atoms with Crippen molar-refractivity contribution in [1.29, 1.82) is 0 Å². The van der Waals surface area contributed by atoms with Crippen LogP contribution in [0.15, 0.2) is 30.3 Å². The Bertz CT molecular complexity index is 398. The van der Waals surface area contributed by atoms with E-state index >= 15 is 0 Å². The third-order valence-corrected chi connectivity index (χ3v) is 3.31. The van der Waals surface area contributed by atoms with Gasteiger partial charge in [-0.2, -0.15) is 11.8 Å². The molecule has 1 rings (SSSR count). The summed E-state index contributed by atoms with van der Waals surface area (Å²) in [5.41, 5.74) is 11.8. The molecule has 0 aromatic heterocycles. The van der Waals surface area contributed by atoms with Crippen LogP contribution in [-0.4, -0.2) is 30.2 Å². The molecule has 0 saturated heterocycles. The Hall–Kier alpha value is -1.53. The zero-order chi connectivity index (χ0) is 13.4. The van der Waals surface area contributed by atoms with Crippen LogP contribution in [-0.2, 0) is 15.3 Å². The highest BCUT2D eigenvalue weighted by Gasteiger charge is 2.13. The molecule has 18 heavy (non-hydrogen) atoms. The maximum Gasteiger partial charge on any atom is 0.238 e. The second-order valence-electron chi connectivity index (χ2n) is 3.79. The lowest BCUT2D eigenvalue weighted by molar-refractivity contribution is -0.125. The van der Waals surface area contributed by atoms with E-state index in [0.29, 0.717) is 5.75 Å². The Balaban J connectivity index is 2.22. The first-order valence-corrected chi connectivity index (χ1v) is 6.68. The number of carbonyl (C=O) groups is 2. The summed E-state index contributed by atoms with van der Waals surface area (Å²) in [5, 5.41) is 2.38. The minimum Gasteiger partial charge on any atom is -0.368 e. The standard InChI is InChI=1S/C12H17N3O2S/c13-10(12(17)15-6-11(14)16)8-18-7-9-4-2-1-3-5-9/h1-5,10H,6-8,13H2,(H2,14,16)(H,15,17)/t10-/m0/s1. The van der Waals surface area contributed by atoms with Crippen molar-refractivity contribution in [3.05, 3.63) is 35.9 Å². The monoisotopic (exact) mass is 267 g/mol. The number of thioether (sulfide) groups is 1. The molecule has 1 aromatic rings. The van der Waals surface area contributed by atoms with Gasteiger partial charge in [0, 0.05) is 11.5 Å². The van der Waals surface area contributed by atoms with E-state index in [1.54, 1.807) is 11.8 Å². The summed E-state index contributed by atoms with van der Waals surface area (Å²) < 4.78 is 0. The molecule has 98 valence electrons. The first-order valence-electron chi connectivity index (χ1n) is 5.53.